The molecule has 1 N–H and O–H groups in total. The second kappa shape index (κ2) is 3.55. The molecule has 0 aliphatic carbocycles. The van der Waals surface area contributed by atoms with Crippen molar-refractivity contribution in [2.24, 2.45) is 0 Å². The van der Waals surface area contributed by atoms with E-state index in [1.54, 1.807) is 0 Å². The van der Waals surface area contributed by atoms with E-state index in [0.29, 0.717) is 11.2 Å². The van der Waals surface area contributed by atoms with E-state index in [-0.39, 0.29) is 11.1 Å². The monoisotopic (exact) mass is 227 g/mol. The molecule has 0 saturated carbocycles. The maximum atomic E-state index is 11.4. The molecule has 0 spiro atoms. The first-order valence-electron chi connectivity index (χ1n) is 5.16. The van der Waals surface area contributed by atoms with Gasteiger partial charge in [0.2, 0.25) is 0 Å². The van der Waals surface area contributed by atoms with Crippen molar-refractivity contribution in [2.45, 2.75) is 6.92 Å². The summed E-state index contributed by atoms with van der Waals surface area (Å²) in [6.45, 7) is 2.01. The molecular formula is C12H9N3O2. The van der Waals surface area contributed by atoms with Gasteiger partial charge in [0, 0.05) is 5.56 Å². The van der Waals surface area contributed by atoms with Gasteiger partial charge in [-0.1, -0.05) is 35.0 Å². The van der Waals surface area contributed by atoms with Crippen LogP contribution in [0.4, 0.5) is 0 Å². The minimum atomic E-state index is -0.319. The van der Waals surface area contributed by atoms with Crippen LogP contribution in [0.1, 0.15) is 5.56 Å². The second-order valence-electron chi connectivity index (χ2n) is 3.81. The maximum absolute atomic E-state index is 11.4. The number of benzene rings is 1. The number of nitrogens with zero attached hydrogens (tertiary/aromatic N) is 2. The summed E-state index contributed by atoms with van der Waals surface area (Å²) < 4.78 is 5.01. The number of aromatic amines is 1. The summed E-state index contributed by atoms with van der Waals surface area (Å²) in [4.78, 5) is 18.0. The first kappa shape index (κ1) is 9.77. The van der Waals surface area contributed by atoms with Crippen LogP contribution in [-0.2, 0) is 0 Å². The Hall–Kier alpha value is -2.43. The number of hydrogen-bond acceptors (Lipinski definition) is 4. The molecule has 3 rings (SSSR count). The minimum absolute atomic E-state index is 0.156. The molecule has 0 atom stereocenters. The van der Waals surface area contributed by atoms with Gasteiger partial charge >= 0.3 is 0 Å². The predicted octanol–water partition coefficient (Wildman–Crippen LogP) is 1.89. The average Bonchev–Trinajstić information content (AvgIpc) is 2.75. The van der Waals surface area contributed by atoms with Crippen molar-refractivity contribution in [3.05, 3.63) is 46.5 Å². The topological polar surface area (TPSA) is 71.8 Å². The fourth-order valence-electron chi connectivity index (χ4n) is 1.68. The van der Waals surface area contributed by atoms with Gasteiger partial charge in [-0.3, -0.25) is 4.79 Å². The molecule has 0 aliphatic rings. The lowest BCUT2D eigenvalue weighted by Gasteiger charge is -1.96. The summed E-state index contributed by atoms with van der Waals surface area (Å²) in [5.74, 6) is 0. The fourth-order valence-corrected chi connectivity index (χ4v) is 1.68. The standard InChI is InChI=1S/C12H9N3O2/c1-7-2-4-8(5-3-7)9-10-11(17-15-9)12(16)14-6-13-10/h2-6H,1H3,(H,13,14,16). The van der Waals surface area contributed by atoms with E-state index in [0.717, 1.165) is 11.1 Å². The van der Waals surface area contributed by atoms with E-state index in [4.69, 9.17) is 4.52 Å². The van der Waals surface area contributed by atoms with Gasteiger partial charge in [0.1, 0.15) is 11.2 Å². The number of nitrogens with one attached hydrogen (secondary N) is 1. The Morgan fingerprint density at radius 3 is 2.76 bits per heavy atom. The average molecular weight is 227 g/mol. The van der Waals surface area contributed by atoms with Crippen LogP contribution < -0.4 is 5.56 Å². The normalized spacial score (nSPS) is 10.9. The number of hydrogen-bond donors (Lipinski definition) is 1. The summed E-state index contributed by atoms with van der Waals surface area (Å²) in [5.41, 5.74) is 2.95. The largest absolute Gasteiger partial charge is 0.348 e. The summed E-state index contributed by atoms with van der Waals surface area (Å²) >= 11 is 0. The molecule has 1 aromatic carbocycles. The molecule has 2 heterocycles. The predicted molar refractivity (Wildman–Crippen MR) is 62.6 cm³/mol. The number of H-pyrrole nitrogens is 1. The Balaban J connectivity index is 2.28. The lowest BCUT2D eigenvalue weighted by atomic mass is 10.1. The zero-order chi connectivity index (χ0) is 11.8. The van der Waals surface area contributed by atoms with Crippen molar-refractivity contribution in [2.75, 3.05) is 0 Å². The van der Waals surface area contributed by atoms with Crippen LogP contribution in [0.5, 0.6) is 0 Å². The number of rotatable bonds is 1. The van der Waals surface area contributed by atoms with E-state index in [2.05, 4.69) is 15.1 Å². The molecule has 3 aromatic rings. The number of fused-ring (bicyclic) bond motifs is 1. The van der Waals surface area contributed by atoms with Gasteiger partial charge in [-0.05, 0) is 6.92 Å². The van der Waals surface area contributed by atoms with Crippen molar-refractivity contribution >= 4 is 11.1 Å². The molecule has 5 heteroatoms. The highest BCUT2D eigenvalue weighted by atomic mass is 16.5. The van der Waals surface area contributed by atoms with Crippen LogP contribution >= 0.6 is 0 Å². The fraction of sp³-hybridized carbons (Fsp3) is 0.0833. The molecule has 0 amide bonds. The van der Waals surface area contributed by atoms with Gasteiger partial charge < -0.3 is 9.51 Å². The van der Waals surface area contributed by atoms with Crippen LogP contribution in [0.15, 0.2) is 39.9 Å². The van der Waals surface area contributed by atoms with Gasteiger partial charge in [0.15, 0.2) is 0 Å². The highest BCUT2D eigenvalue weighted by Crippen LogP contribution is 2.24. The van der Waals surface area contributed by atoms with Crippen molar-refractivity contribution in [1.29, 1.82) is 0 Å². The third-order valence-corrected chi connectivity index (χ3v) is 2.59. The highest BCUT2D eigenvalue weighted by molar-refractivity contribution is 5.87. The molecule has 84 valence electrons. The van der Waals surface area contributed by atoms with Crippen LogP contribution in [0.3, 0.4) is 0 Å². The van der Waals surface area contributed by atoms with Crippen molar-refractivity contribution in [1.82, 2.24) is 15.1 Å². The molecule has 0 radical (unpaired) electrons. The summed E-state index contributed by atoms with van der Waals surface area (Å²) in [5, 5.41) is 3.90. The van der Waals surface area contributed by atoms with Crippen molar-refractivity contribution in [3.63, 3.8) is 0 Å². The Morgan fingerprint density at radius 1 is 1.24 bits per heavy atom. The Morgan fingerprint density at radius 2 is 2.00 bits per heavy atom. The van der Waals surface area contributed by atoms with E-state index >= 15 is 0 Å². The van der Waals surface area contributed by atoms with E-state index in [9.17, 15) is 4.79 Å². The molecular weight excluding hydrogens is 218 g/mol. The quantitative estimate of drug-likeness (QED) is 0.689. The van der Waals surface area contributed by atoms with Gasteiger partial charge in [0.05, 0.1) is 6.33 Å². The van der Waals surface area contributed by atoms with Crippen LogP contribution in [0, 0.1) is 6.92 Å². The smallest absolute Gasteiger partial charge is 0.297 e. The Labute approximate surface area is 96.1 Å². The summed E-state index contributed by atoms with van der Waals surface area (Å²) in [6.07, 6.45) is 1.35. The molecule has 0 bridgehead atoms. The first-order chi connectivity index (χ1) is 8.25. The first-order valence-corrected chi connectivity index (χ1v) is 5.16. The Bertz CT molecular complexity index is 725. The van der Waals surface area contributed by atoms with Gasteiger partial charge in [-0.15, -0.1) is 0 Å². The zero-order valence-electron chi connectivity index (χ0n) is 9.10. The molecule has 0 unspecified atom stereocenters. The van der Waals surface area contributed by atoms with E-state index in [1.165, 1.54) is 6.33 Å². The van der Waals surface area contributed by atoms with Gasteiger partial charge in [0.25, 0.3) is 11.1 Å². The molecule has 17 heavy (non-hydrogen) atoms. The van der Waals surface area contributed by atoms with Crippen molar-refractivity contribution in [3.8, 4) is 11.3 Å². The third kappa shape index (κ3) is 1.52. The lowest BCUT2D eigenvalue weighted by molar-refractivity contribution is 0.456. The number of aromatic nitrogens is 3. The molecule has 0 fully saturated rings. The minimum Gasteiger partial charge on any atom is -0.348 e. The van der Waals surface area contributed by atoms with Gasteiger partial charge in [-0.2, -0.15) is 0 Å². The molecule has 0 aliphatic heterocycles. The lowest BCUT2D eigenvalue weighted by Crippen LogP contribution is -2.04. The number of aryl methyl sites for hydroxylation is 1. The molecule has 2 aromatic heterocycles. The highest BCUT2D eigenvalue weighted by Gasteiger charge is 2.13. The molecule has 5 nitrogen and oxygen atoms in total. The summed E-state index contributed by atoms with van der Waals surface area (Å²) in [7, 11) is 0. The van der Waals surface area contributed by atoms with Crippen LogP contribution in [-0.4, -0.2) is 15.1 Å². The second-order valence-corrected chi connectivity index (χ2v) is 3.81. The van der Waals surface area contributed by atoms with Gasteiger partial charge in [-0.25, -0.2) is 4.98 Å². The van der Waals surface area contributed by atoms with Crippen molar-refractivity contribution < 1.29 is 4.52 Å². The van der Waals surface area contributed by atoms with E-state index < -0.39 is 0 Å². The molecule has 0 saturated heterocycles. The van der Waals surface area contributed by atoms with Crippen LogP contribution in [0.2, 0.25) is 0 Å². The Kier molecular flexibility index (Phi) is 2.04. The van der Waals surface area contributed by atoms with E-state index in [1.807, 2.05) is 31.2 Å². The summed E-state index contributed by atoms with van der Waals surface area (Å²) in [6, 6.07) is 7.80. The zero-order valence-corrected chi connectivity index (χ0v) is 9.10. The van der Waals surface area contributed by atoms with Crippen LogP contribution in [0.25, 0.3) is 22.4 Å². The third-order valence-electron chi connectivity index (χ3n) is 2.59. The SMILES string of the molecule is Cc1ccc(-c2noc3c(=O)[nH]cnc23)cc1. The maximum Gasteiger partial charge on any atom is 0.297 e.